The van der Waals surface area contributed by atoms with Gasteiger partial charge in [-0.3, -0.25) is 9.59 Å². The van der Waals surface area contributed by atoms with Crippen molar-refractivity contribution in [2.24, 2.45) is 0 Å². The van der Waals surface area contributed by atoms with E-state index < -0.39 is 0 Å². The second-order valence-electron chi connectivity index (χ2n) is 7.47. The molecule has 0 aliphatic rings. The number of likely N-dealkylation sites (N-methyl/N-ethyl adjacent to an activating group) is 1. The van der Waals surface area contributed by atoms with Gasteiger partial charge in [-0.2, -0.15) is 0 Å². The zero-order valence-corrected chi connectivity index (χ0v) is 19.2. The third kappa shape index (κ3) is 5.56. The number of furan rings is 1. The average Bonchev–Trinajstić information content (AvgIpc) is 3.31. The van der Waals surface area contributed by atoms with Crippen molar-refractivity contribution in [3.8, 4) is 5.75 Å². The summed E-state index contributed by atoms with van der Waals surface area (Å²) in [6.45, 7) is 0.104. The molecule has 0 bridgehead atoms. The Morgan fingerprint density at radius 3 is 2.55 bits per heavy atom. The minimum atomic E-state index is -0.375. The molecule has 168 valence electrons. The van der Waals surface area contributed by atoms with Gasteiger partial charge >= 0.3 is 0 Å². The van der Waals surface area contributed by atoms with Crippen molar-refractivity contribution in [1.29, 1.82) is 0 Å². The molecule has 0 aliphatic heterocycles. The van der Waals surface area contributed by atoms with Gasteiger partial charge in [0.2, 0.25) is 5.91 Å². The Hall–Kier alpha value is -3.71. The van der Waals surface area contributed by atoms with Crippen LogP contribution in [0.5, 0.6) is 5.75 Å². The average molecular weight is 461 g/mol. The van der Waals surface area contributed by atoms with Crippen LogP contribution >= 0.6 is 11.8 Å². The summed E-state index contributed by atoms with van der Waals surface area (Å²) in [6, 6.07) is 24.7. The molecule has 3 aromatic carbocycles. The van der Waals surface area contributed by atoms with Crippen molar-refractivity contribution in [2.75, 3.05) is 25.2 Å². The van der Waals surface area contributed by atoms with Gasteiger partial charge in [0, 0.05) is 11.9 Å². The second-order valence-corrected chi connectivity index (χ2v) is 8.32. The molecule has 0 saturated heterocycles. The first-order chi connectivity index (χ1) is 16.0. The Kier molecular flexibility index (Phi) is 7.00. The van der Waals surface area contributed by atoms with E-state index in [-0.39, 0.29) is 30.7 Å². The zero-order chi connectivity index (χ0) is 23.2. The van der Waals surface area contributed by atoms with E-state index in [0.717, 1.165) is 27.1 Å². The molecular weight excluding hydrogens is 436 g/mol. The SMILES string of the molecule is CSc1ccccc1NC(=O)CN(C)C(=O)c1ccc(COc2ccc3ccccc3c2)o1. The Bertz CT molecular complexity index is 1280. The van der Waals surface area contributed by atoms with E-state index in [1.807, 2.05) is 73.0 Å². The van der Waals surface area contributed by atoms with Gasteiger partial charge < -0.3 is 19.4 Å². The fourth-order valence-corrected chi connectivity index (χ4v) is 3.95. The lowest BCUT2D eigenvalue weighted by molar-refractivity contribution is -0.116. The van der Waals surface area contributed by atoms with Crippen molar-refractivity contribution in [2.45, 2.75) is 11.5 Å². The molecule has 0 spiro atoms. The quantitative estimate of drug-likeness (QED) is 0.354. The number of hydrogen-bond donors (Lipinski definition) is 1. The number of amides is 2. The summed E-state index contributed by atoms with van der Waals surface area (Å²) in [6.07, 6.45) is 1.94. The second kappa shape index (κ2) is 10.3. The highest BCUT2D eigenvalue weighted by Gasteiger charge is 2.19. The molecule has 2 amide bonds. The molecule has 6 nitrogen and oxygen atoms in total. The third-order valence-electron chi connectivity index (χ3n) is 5.08. The van der Waals surface area contributed by atoms with E-state index in [1.165, 1.54) is 4.90 Å². The number of rotatable bonds is 8. The first kappa shape index (κ1) is 22.5. The largest absolute Gasteiger partial charge is 0.486 e. The lowest BCUT2D eigenvalue weighted by Gasteiger charge is -2.16. The third-order valence-corrected chi connectivity index (χ3v) is 5.88. The smallest absolute Gasteiger partial charge is 0.289 e. The van der Waals surface area contributed by atoms with Crippen molar-refractivity contribution < 1.29 is 18.7 Å². The number of carbonyl (C=O) groups excluding carboxylic acids is 2. The molecule has 0 radical (unpaired) electrons. The normalized spacial score (nSPS) is 10.7. The lowest BCUT2D eigenvalue weighted by atomic mass is 10.1. The summed E-state index contributed by atoms with van der Waals surface area (Å²) in [5.74, 6) is 0.751. The van der Waals surface area contributed by atoms with Crippen LogP contribution in [0, 0.1) is 0 Å². The topological polar surface area (TPSA) is 71.8 Å². The molecule has 7 heteroatoms. The van der Waals surface area contributed by atoms with Crippen LogP contribution in [0.2, 0.25) is 0 Å². The van der Waals surface area contributed by atoms with Gasteiger partial charge in [0.05, 0.1) is 12.2 Å². The van der Waals surface area contributed by atoms with Crippen LogP contribution < -0.4 is 10.1 Å². The van der Waals surface area contributed by atoms with E-state index in [4.69, 9.17) is 9.15 Å². The number of fused-ring (bicyclic) bond motifs is 1. The van der Waals surface area contributed by atoms with Crippen molar-refractivity contribution in [3.63, 3.8) is 0 Å². The molecule has 33 heavy (non-hydrogen) atoms. The maximum atomic E-state index is 12.7. The molecule has 0 atom stereocenters. The highest BCUT2D eigenvalue weighted by atomic mass is 32.2. The number of thioether (sulfide) groups is 1. The first-order valence-electron chi connectivity index (χ1n) is 10.4. The molecule has 0 unspecified atom stereocenters. The Balaban J connectivity index is 1.33. The molecule has 0 fully saturated rings. The molecule has 1 aromatic heterocycles. The Labute approximate surface area is 196 Å². The number of nitrogens with one attached hydrogen (secondary N) is 1. The summed E-state index contributed by atoms with van der Waals surface area (Å²) in [4.78, 5) is 27.4. The van der Waals surface area contributed by atoms with E-state index in [0.29, 0.717) is 5.76 Å². The van der Waals surface area contributed by atoms with E-state index >= 15 is 0 Å². The van der Waals surface area contributed by atoms with Crippen molar-refractivity contribution >= 4 is 40.0 Å². The summed E-state index contributed by atoms with van der Waals surface area (Å²) in [5, 5.41) is 5.08. The minimum Gasteiger partial charge on any atom is -0.486 e. The van der Waals surface area contributed by atoms with Crippen LogP contribution in [0.4, 0.5) is 5.69 Å². The maximum Gasteiger partial charge on any atom is 0.289 e. The summed E-state index contributed by atoms with van der Waals surface area (Å²) >= 11 is 1.54. The molecule has 4 aromatic rings. The van der Waals surface area contributed by atoms with Gasteiger partial charge in [-0.25, -0.2) is 0 Å². The van der Waals surface area contributed by atoms with Crippen LogP contribution in [0.1, 0.15) is 16.3 Å². The number of hydrogen-bond acceptors (Lipinski definition) is 5. The molecule has 0 saturated carbocycles. The molecule has 1 heterocycles. The van der Waals surface area contributed by atoms with Crippen LogP contribution in [0.25, 0.3) is 10.8 Å². The van der Waals surface area contributed by atoms with Gasteiger partial charge in [0.15, 0.2) is 5.76 Å². The van der Waals surface area contributed by atoms with E-state index in [1.54, 1.807) is 30.9 Å². The van der Waals surface area contributed by atoms with Gasteiger partial charge in [0.25, 0.3) is 5.91 Å². The highest BCUT2D eigenvalue weighted by molar-refractivity contribution is 7.98. The van der Waals surface area contributed by atoms with Crippen LogP contribution in [-0.4, -0.2) is 36.6 Å². The number of anilines is 1. The number of benzene rings is 3. The summed E-state index contributed by atoms with van der Waals surface area (Å²) in [5.41, 5.74) is 0.724. The van der Waals surface area contributed by atoms with Gasteiger partial charge in [-0.1, -0.05) is 42.5 Å². The standard InChI is InChI=1S/C26H24N2O4S/c1-28(16-25(29)27-22-9-5-6-10-24(22)33-2)26(30)23-14-13-21(32-23)17-31-20-12-11-18-7-3-4-8-19(18)15-20/h3-15H,16-17H2,1-2H3,(H,27,29). The lowest BCUT2D eigenvalue weighted by Crippen LogP contribution is -2.34. The minimum absolute atomic E-state index is 0.0921. The first-order valence-corrected chi connectivity index (χ1v) is 11.6. The van der Waals surface area contributed by atoms with E-state index in [9.17, 15) is 9.59 Å². The maximum absolute atomic E-state index is 12.7. The van der Waals surface area contributed by atoms with Crippen LogP contribution in [0.3, 0.4) is 0 Å². The summed E-state index contributed by atoms with van der Waals surface area (Å²) in [7, 11) is 1.57. The highest BCUT2D eigenvalue weighted by Crippen LogP contribution is 2.25. The zero-order valence-electron chi connectivity index (χ0n) is 18.4. The predicted octanol–water partition coefficient (Wildman–Crippen LogP) is 5.44. The summed E-state index contributed by atoms with van der Waals surface area (Å²) < 4.78 is 11.5. The van der Waals surface area contributed by atoms with Gasteiger partial charge in [0.1, 0.15) is 18.1 Å². The van der Waals surface area contributed by atoms with Crippen LogP contribution in [-0.2, 0) is 11.4 Å². The molecule has 1 N–H and O–H groups in total. The molecule has 4 rings (SSSR count). The van der Waals surface area contributed by atoms with Gasteiger partial charge in [-0.05, 0) is 53.4 Å². The number of carbonyl (C=O) groups is 2. The van der Waals surface area contributed by atoms with E-state index in [2.05, 4.69) is 5.32 Å². The monoisotopic (exact) mass is 460 g/mol. The Morgan fingerprint density at radius 2 is 1.73 bits per heavy atom. The van der Waals surface area contributed by atoms with Crippen molar-refractivity contribution in [1.82, 2.24) is 4.90 Å². The molecular formula is C26H24N2O4S. The number of para-hydroxylation sites is 1. The Morgan fingerprint density at radius 1 is 0.970 bits per heavy atom. The van der Waals surface area contributed by atoms with Gasteiger partial charge in [-0.15, -0.1) is 11.8 Å². The fourth-order valence-electron chi connectivity index (χ4n) is 3.40. The van der Waals surface area contributed by atoms with Crippen LogP contribution in [0.15, 0.2) is 88.2 Å². The number of ether oxygens (including phenoxy) is 1. The fraction of sp³-hybridized carbons (Fsp3) is 0.154. The number of nitrogens with zero attached hydrogens (tertiary/aromatic N) is 1. The predicted molar refractivity (Wildman–Crippen MR) is 131 cm³/mol. The van der Waals surface area contributed by atoms with Crippen molar-refractivity contribution in [3.05, 3.63) is 90.4 Å². The molecule has 0 aliphatic carbocycles.